The molecule has 2 aliphatic rings. The van der Waals surface area contributed by atoms with Crippen molar-refractivity contribution < 1.29 is 28.9 Å². The number of methoxy groups -OCH3 is 1. The second-order valence-electron chi connectivity index (χ2n) is 10.3. The van der Waals surface area contributed by atoms with E-state index in [9.17, 15) is 9.59 Å². The number of hydrogen-bond donors (Lipinski definition) is 1. The number of hydrogen-bond acceptors (Lipinski definition) is 8. The molecule has 5 rings (SSSR count). The maximum Gasteiger partial charge on any atom is 0.335 e. The van der Waals surface area contributed by atoms with Crippen molar-refractivity contribution in [2.45, 2.75) is 13.0 Å². The van der Waals surface area contributed by atoms with Crippen molar-refractivity contribution in [2.24, 2.45) is 0 Å². The molecule has 3 aromatic carbocycles. The van der Waals surface area contributed by atoms with Crippen LogP contribution in [0.1, 0.15) is 27.0 Å². The van der Waals surface area contributed by atoms with Gasteiger partial charge in [-0.3, -0.25) is 14.6 Å². The van der Waals surface area contributed by atoms with E-state index in [1.54, 1.807) is 36.3 Å². The first kappa shape index (κ1) is 30.9. The number of nitrogens with zero attached hydrogens (tertiary/aromatic N) is 2. The van der Waals surface area contributed by atoms with E-state index in [0.29, 0.717) is 41.2 Å². The van der Waals surface area contributed by atoms with Crippen LogP contribution in [0.3, 0.4) is 0 Å². The lowest BCUT2D eigenvalue weighted by Crippen LogP contribution is -2.38. The summed E-state index contributed by atoms with van der Waals surface area (Å²) >= 11 is 6.87. The zero-order valence-electron chi connectivity index (χ0n) is 24.0. The Bertz CT molecular complexity index is 1480. The molecule has 1 amide bonds. The number of benzene rings is 3. The molecule has 0 saturated carbocycles. The molecule has 2 heterocycles. The summed E-state index contributed by atoms with van der Waals surface area (Å²) in [6.07, 6.45) is 2.43. The quantitative estimate of drug-likeness (QED) is 0.213. The van der Waals surface area contributed by atoms with E-state index >= 15 is 0 Å². The number of carboxylic acid groups (broad SMARTS) is 1. The van der Waals surface area contributed by atoms with Crippen molar-refractivity contribution in [1.82, 2.24) is 9.80 Å². The van der Waals surface area contributed by atoms with Crippen molar-refractivity contribution in [1.29, 1.82) is 0 Å². The fourth-order valence-corrected chi connectivity index (χ4v) is 6.23. The van der Waals surface area contributed by atoms with Gasteiger partial charge in [-0.25, -0.2) is 4.79 Å². The van der Waals surface area contributed by atoms with Gasteiger partial charge in [0.05, 0.1) is 30.3 Å². The second-order valence-corrected chi connectivity index (χ2v) is 11.9. The molecule has 1 N–H and O–H groups in total. The Balaban J connectivity index is 1.34. The van der Waals surface area contributed by atoms with Crippen LogP contribution in [-0.2, 0) is 27.3 Å². The number of thioether (sulfide) groups is 1. The van der Waals surface area contributed by atoms with Gasteiger partial charge in [0.25, 0.3) is 5.91 Å². The van der Waals surface area contributed by atoms with E-state index < -0.39 is 5.97 Å². The van der Waals surface area contributed by atoms with Crippen LogP contribution in [-0.4, -0.2) is 84.2 Å². The zero-order valence-corrected chi connectivity index (χ0v) is 25.6. The minimum Gasteiger partial charge on any atom is -0.492 e. The third-order valence-electron chi connectivity index (χ3n) is 7.36. The molecule has 10 heteroatoms. The maximum absolute atomic E-state index is 13.5. The van der Waals surface area contributed by atoms with Gasteiger partial charge in [0, 0.05) is 38.9 Å². The number of carbonyl (C=O) groups is 2. The molecule has 0 spiro atoms. The average Bonchev–Trinajstić information content (AvgIpc) is 3.29. The second kappa shape index (κ2) is 14.8. The van der Waals surface area contributed by atoms with E-state index in [1.165, 1.54) is 11.8 Å². The molecule has 2 aliphatic heterocycles. The molecular weight excluding hydrogens is 585 g/mol. The zero-order chi connectivity index (χ0) is 30.2. The predicted molar refractivity (Wildman–Crippen MR) is 172 cm³/mol. The van der Waals surface area contributed by atoms with Crippen molar-refractivity contribution in [3.63, 3.8) is 0 Å². The monoisotopic (exact) mass is 618 g/mol. The van der Waals surface area contributed by atoms with Crippen molar-refractivity contribution in [2.75, 3.05) is 53.1 Å². The number of carbonyl (C=O) groups excluding carboxylic acids is 1. The summed E-state index contributed by atoms with van der Waals surface area (Å²) in [5.74, 6) is -0.409. The maximum atomic E-state index is 13.5. The molecule has 2 saturated heterocycles. The van der Waals surface area contributed by atoms with E-state index in [1.807, 2.05) is 36.4 Å². The van der Waals surface area contributed by atoms with Crippen LogP contribution in [0.5, 0.6) is 5.75 Å². The van der Waals surface area contributed by atoms with E-state index in [-0.39, 0.29) is 11.5 Å². The highest BCUT2D eigenvalue weighted by Crippen LogP contribution is 2.36. The first-order chi connectivity index (χ1) is 20.9. The summed E-state index contributed by atoms with van der Waals surface area (Å²) in [6, 6.07) is 20.9. The van der Waals surface area contributed by atoms with Crippen LogP contribution in [0.2, 0.25) is 0 Å². The van der Waals surface area contributed by atoms with Crippen molar-refractivity contribution in [3.8, 4) is 16.9 Å². The van der Waals surface area contributed by atoms with Gasteiger partial charge < -0.3 is 19.3 Å². The molecule has 0 unspecified atom stereocenters. The van der Waals surface area contributed by atoms with E-state index in [2.05, 4.69) is 17.0 Å². The number of morpholine rings is 1. The molecule has 0 atom stereocenters. The molecule has 224 valence electrons. The summed E-state index contributed by atoms with van der Waals surface area (Å²) in [7, 11) is 1.68. The van der Waals surface area contributed by atoms with Gasteiger partial charge in [-0.15, -0.1) is 0 Å². The van der Waals surface area contributed by atoms with Crippen LogP contribution in [0.25, 0.3) is 17.2 Å². The highest BCUT2D eigenvalue weighted by Gasteiger charge is 2.32. The number of aromatic carboxylic acids is 1. The molecule has 0 aromatic heterocycles. The lowest BCUT2D eigenvalue weighted by Gasteiger charge is -2.26. The molecule has 0 aliphatic carbocycles. The molecular formula is C33H34N2O6S2. The summed E-state index contributed by atoms with van der Waals surface area (Å²) < 4.78 is 17.5. The molecule has 0 bridgehead atoms. The predicted octanol–water partition coefficient (Wildman–Crippen LogP) is 5.35. The van der Waals surface area contributed by atoms with E-state index in [0.717, 1.165) is 60.7 Å². The van der Waals surface area contributed by atoms with Crippen LogP contribution in [0.4, 0.5) is 0 Å². The average molecular weight is 619 g/mol. The standard InChI is InChI=1S/C33H34N2O6S2/c1-39-22-24-4-6-25(7-5-24)27-10-11-29(41-19-16-34-14-17-40-18-15-34)28(20-27)21-30-31(36)35(33(42)43-30)13-12-23-2-8-26(9-3-23)32(37)38/h2-11,20-21H,12-19,22H2,1H3,(H,37,38)/b30-21-. The van der Waals surface area contributed by atoms with Gasteiger partial charge in [-0.2, -0.15) is 0 Å². The number of amides is 1. The topological polar surface area (TPSA) is 88.5 Å². The lowest BCUT2D eigenvalue weighted by atomic mass is 10.0. The fourth-order valence-electron chi connectivity index (χ4n) is 4.93. The third kappa shape index (κ3) is 8.10. The Morgan fingerprint density at radius 3 is 2.40 bits per heavy atom. The molecule has 43 heavy (non-hydrogen) atoms. The summed E-state index contributed by atoms with van der Waals surface area (Å²) in [6.45, 7) is 5.52. The van der Waals surface area contributed by atoms with E-state index in [4.69, 9.17) is 31.5 Å². The highest BCUT2D eigenvalue weighted by atomic mass is 32.2. The summed E-state index contributed by atoms with van der Waals surface area (Å²) in [5, 5.41) is 9.14. The minimum absolute atomic E-state index is 0.147. The SMILES string of the molecule is COCc1ccc(-c2ccc(OCCN3CCOCC3)c(/C=C3\SC(=S)N(CCc4ccc(C(=O)O)cc4)C3=O)c2)cc1. The van der Waals surface area contributed by atoms with Gasteiger partial charge in [0.15, 0.2) is 0 Å². The first-order valence-electron chi connectivity index (χ1n) is 14.1. The Morgan fingerprint density at radius 2 is 1.70 bits per heavy atom. The Kier molecular flexibility index (Phi) is 10.6. The minimum atomic E-state index is -0.967. The molecule has 3 aromatic rings. The summed E-state index contributed by atoms with van der Waals surface area (Å²) in [5.41, 5.74) is 5.13. The lowest BCUT2D eigenvalue weighted by molar-refractivity contribution is -0.122. The first-order valence-corrected chi connectivity index (χ1v) is 15.4. The van der Waals surface area contributed by atoms with Crippen molar-refractivity contribution >= 4 is 46.3 Å². The number of ether oxygens (including phenoxy) is 3. The molecule has 0 radical (unpaired) electrons. The number of rotatable bonds is 12. The third-order valence-corrected chi connectivity index (χ3v) is 8.74. The van der Waals surface area contributed by atoms with Crippen LogP contribution < -0.4 is 4.74 Å². The Labute approximate surface area is 261 Å². The van der Waals surface area contributed by atoms with Gasteiger partial charge in [-0.1, -0.05) is 66.4 Å². The largest absolute Gasteiger partial charge is 0.492 e. The Hall–Kier alpha value is -3.54. The molecule has 2 fully saturated rings. The Morgan fingerprint density at radius 1 is 1.00 bits per heavy atom. The van der Waals surface area contributed by atoms with Crippen LogP contribution >= 0.6 is 24.0 Å². The normalized spacial score (nSPS) is 16.7. The van der Waals surface area contributed by atoms with Gasteiger partial charge in [0.2, 0.25) is 0 Å². The van der Waals surface area contributed by atoms with Crippen LogP contribution in [0, 0.1) is 0 Å². The van der Waals surface area contributed by atoms with Gasteiger partial charge in [0.1, 0.15) is 16.7 Å². The highest BCUT2D eigenvalue weighted by molar-refractivity contribution is 8.26. The van der Waals surface area contributed by atoms with Crippen LogP contribution in [0.15, 0.2) is 71.6 Å². The fraction of sp³-hybridized carbons (Fsp3) is 0.303. The van der Waals surface area contributed by atoms with Crippen molar-refractivity contribution in [3.05, 3.63) is 93.9 Å². The smallest absolute Gasteiger partial charge is 0.335 e. The number of thiocarbonyl (C=S) groups is 1. The van der Waals surface area contributed by atoms with Gasteiger partial charge >= 0.3 is 5.97 Å². The summed E-state index contributed by atoms with van der Waals surface area (Å²) in [4.78, 5) is 29.1. The van der Waals surface area contributed by atoms with Gasteiger partial charge in [-0.05, 0) is 59.0 Å². The molecule has 8 nitrogen and oxygen atoms in total. The number of carboxylic acids is 1.